The molecule has 13 heteroatoms. The van der Waals surface area contributed by atoms with Crippen molar-refractivity contribution in [1.82, 2.24) is 0 Å². The molecule has 0 atom stereocenters. The van der Waals surface area contributed by atoms with Crippen molar-refractivity contribution in [2.75, 3.05) is 124 Å². The third-order valence-electron chi connectivity index (χ3n) is 5.04. The standard InChI is InChI=1S/C29H53NO11Si/c1-27(31)30-28-5-7-29(8-6-28)40-25-23-38-21-19-36-17-15-34-13-11-32-9-10-33-12-14-35-16-18-37-20-22-39-24-26-41-42(2,3)4/h5-8H,9-26H2,1-4H3,(H,30,31). The fourth-order valence-electron chi connectivity index (χ4n) is 3.10. The van der Waals surface area contributed by atoms with E-state index in [0.717, 1.165) is 11.4 Å². The summed E-state index contributed by atoms with van der Waals surface area (Å²) in [6, 6.07) is 7.18. The van der Waals surface area contributed by atoms with Gasteiger partial charge in [-0.3, -0.25) is 4.79 Å². The monoisotopic (exact) mass is 619 g/mol. The van der Waals surface area contributed by atoms with E-state index in [9.17, 15) is 4.79 Å². The van der Waals surface area contributed by atoms with E-state index >= 15 is 0 Å². The molecular formula is C29H53NO11Si. The molecule has 0 radical (unpaired) electrons. The van der Waals surface area contributed by atoms with E-state index < -0.39 is 8.32 Å². The number of carbonyl (C=O) groups is 1. The predicted molar refractivity (Wildman–Crippen MR) is 162 cm³/mol. The molecule has 244 valence electrons. The number of hydrogen-bond acceptors (Lipinski definition) is 11. The highest BCUT2D eigenvalue weighted by molar-refractivity contribution is 6.69. The lowest BCUT2D eigenvalue weighted by molar-refractivity contribution is -0.114. The first kappa shape index (κ1) is 38.4. The molecule has 0 aliphatic rings. The van der Waals surface area contributed by atoms with E-state index in [2.05, 4.69) is 25.0 Å². The summed E-state index contributed by atoms with van der Waals surface area (Å²) in [7, 11) is -1.45. The van der Waals surface area contributed by atoms with Gasteiger partial charge in [0.25, 0.3) is 0 Å². The summed E-state index contributed by atoms with van der Waals surface area (Å²) < 4.78 is 55.1. The summed E-state index contributed by atoms with van der Waals surface area (Å²) >= 11 is 0. The number of amides is 1. The van der Waals surface area contributed by atoms with E-state index in [4.69, 9.17) is 47.1 Å². The van der Waals surface area contributed by atoms with E-state index in [-0.39, 0.29) is 5.91 Å². The van der Waals surface area contributed by atoms with Crippen LogP contribution in [0.15, 0.2) is 24.3 Å². The second kappa shape index (κ2) is 26.9. The lowest BCUT2D eigenvalue weighted by Crippen LogP contribution is -2.27. The SMILES string of the molecule is CC(=O)Nc1ccc(OCCOCCOCCOCCOCCOCCOCCOCCOCCO[Si](C)(C)C)cc1. The van der Waals surface area contributed by atoms with Crippen molar-refractivity contribution in [2.45, 2.75) is 26.6 Å². The van der Waals surface area contributed by atoms with Gasteiger partial charge in [0, 0.05) is 12.6 Å². The second-order valence-electron chi connectivity index (χ2n) is 9.91. The third kappa shape index (κ3) is 27.2. The highest BCUT2D eigenvalue weighted by Crippen LogP contribution is 2.15. The first-order valence-electron chi connectivity index (χ1n) is 14.6. The Labute approximate surface area is 252 Å². The van der Waals surface area contributed by atoms with Crippen LogP contribution in [0, 0.1) is 0 Å². The Hall–Kier alpha value is -1.65. The smallest absolute Gasteiger partial charge is 0.221 e. The Morgan fingerprint density at radius 2 is 0.833 bits per heavy atom. The maximum atomic E-state index is 11.0. The number of nitrogens with one attached hydrogen (secondary N) is 1. The largest absolute Gasteiger partial charge is 0.491 e. The number of carbonyl (C=O) groups excluding carboxylic acids is 1. The molecule has 0 aliphatic carbocycles. The molecular weight excluding hydrogens is 566 g/mol. The summed E-state index contributed by atoms with van der Waals surface area (Å²) in [5.74, 6) is 0.614. The summed E-state index contributed by atoms with van der Waals surface area (Å²) in [6.45, 7) is 17.3. The molecule has 42 heavy (non-hydrogen) atoms. The maximum absolute atomic E-state index is 11.0. The minimum atomic E-state index is -1.45. The van der Waals surface area contributed by atoms with E-state index in [1.165, 1.54) is 6.92 Å². The lowest BCUT2D eigenvalue weighted by Gasteiger charge is -2.16. The zero-order chi connectivity index (χ0) is 30.6. The molecule has 1 N–H and O–H groups in total. The van der Waals surface area contributed by atoms with Gasteiger partial charge >= 0.3 is 0 Å². The molecule has 1 aromatic carbocycles. The van der Waals surface area contributed by atoms with Gasteiger partial charge in [0.1, 0.15) is 12.4 Å². The van der Waals surface area contributed by atoms with Crippen LogP contribution in [0.1, 0.15) is 6.92 Å². The van der Waals surface area contributed by atoms with E-state index in [0.29, 0.717) is 119 Å². The molecule has 0 aromatic heterocycles. The Bertz CT molecular complexity index is 750. The maximum Gasteiger partial charge on any atom is 0.221 e. The van der Waals surface area contributed by atoms with Crippen LogP contribution in [0.4, 0.5) is 5.69 Å². The number of anilines is 1. The Morgan fingerprint density at radius 3 is 1.14 bits per heavy atom. The third-order valence-corrected chi connectivity index (χ3v) is 6.11. The molecule has 0 unspecified atom stereocenters. The van der Waals surface area contributed by atoms with Gasteiger partial charge in [0.15, 0.2) is 8.32 Å². The predicted octanol–water partition coefficient (Wildman–Crippen LogP) is 3.01. The van der Waals surface area contributed by atoms with Crippen molar-refractivity contribution in [3.8, 4) is 5.75 Å². The van der Waals surface area contributed by atoms with Crippen LogP contribution >= 0.6 is 0 Å². The Kier molecular flexibility index (Phi) is 24.6. The molecule has 0 fully saturated rings. The first-order valence-corrected chi connectivity index (χ1v) is 18.0. The summed E-state index contributed by atoms with van der Waals surface area (Å²) in [5.41, 5.74) is 0.734. The van der Waals surface area contributed by atoms with Crippen LogP contribution in [0.3, 0.4) is 0 Å². The van der Waals surface area contributed by atoms with Crippen LogP contribution in [0.25, 0.3) is 0 Å². The van der Waals surface area contributed by atoms with Crippen LogP contribution in [0.5, 0.6) is 5.75 Å². The molecule has 1 aromatic rings. The summed E-state index contributed by atoms with van der Waals surface area (Å²) in [4.78, 5) is 11.0. The zero-order valence-electron chi connectivity index (χ0n) is 26.0. The highest BCUT2D eigenvalue weighted by atomic mass is 28.4. The van der Waals surface area contributed by atoms with Gasteiger partial charge in [-0.15, -0.1) is 0 Å². The minimum Gasteiger partial charge on any atom is -0.491 e. The van der Waals surface area contributed by atoms with E-state index in [1.54, 1.807) is 24.3 Å². The van der Waals surface area contributed by atoms with Gasteiger partial charge < -0.3 is 52.4 Å². The number of benzene rings is 1. The van der Waals surface area contributed by atoms with Gasteiger partial charge in [0.2, 0.25) is 5.91 Å². The molecule has 0 heterocycles. The topological polar surface area (TPSA) is 121 Å². The highest BCUT2D eigenvalue weighted by Gasteiger charge is 2.13. The average Bonchev–Trinajstić information content (AvgIpc) is 2.94. The Balaban J connectivity index is 1.69. The second-order valence-corrected chi connectivity index (χ2v) is 14.4. The quantitative estimate of drug-likeness (QED) is 0.101. The summed E-state index contributed by atoms with van der Waals surface area (Å²) in [6.07, 6.45) is 0. The van der Waals surface area contributed by atoms with Gasteiger partial charge in [0.05, 0.1) is 112 Å². The number of rotatable bonds is 30. The van der Waals surface area contributed by atoms with Crippen molar-refractivity contribution >= 4 is 19.9 Å². The van der Waals surface area contributed by atoms with Gasteiger partial charge in [-0.05, 0) is 43.9 Å². The molecule has 0 saturated carbocycles. The molecule has 0 bridgehead atoms. The lowest BCUT2D eigenvalue weighted by atomic mass is 10.3. The number of hydrogen-bond donors (Lipinski definition) is 1. The number of ether oxygens (including phenoxy) is 9. The first-order chi connectivity index (χ1) is 20.4. The van der Waals surface area contributed by atoms with Crippen molar-refractivity contribution in [2.24, 2.45) is 0 Å². The van der Waals surface area contributed by atoms with Crippen LogP contribution in [0.2, 0.25) is 19.6 Å². The van der Waals surface area contributed by atoms with Crippen molar-refractivity contribution < 1.29 is 51.9 Å². The van der Waals surface area contributed by atoms with Crippen molar-refractivity contribution in [3.63, 3.8) is 0 Å². The molecule has 1 amide bonds. The Morgan fingerprint density at radius 1 is 0.524 bits per heavy atom. The fraction of sp³-hybridized carbons (Fsp3) is 0.759. The van der Waals surface area contributed by atoms with Crippen LogP contribution in [-0.4, -0.2) is 133 Å². The zero-order valence-corrected chi connectivity index (χ0v) is 27.0. The molecule has 0 aliphatic heterocycles. The van der Waals surface area contributed by atoms with Crippen LogP contribution < -0.4 is 10.1 Å². The van der Waals surface area contributed by atoms with Crippen molar-refractivity contribution in [1.29, 1.82) is 0 Å². The molecule has 0 spiro atoms. The van der Waals surface area contributed by atoms with Gasteiger partial charge in [-0.2, -0.15) is 0 Å². The molecule has 0 saturated heterocycles. The van der Waals surface area contributed by atoms with Gasteiger partial charge in [-0.1, -0.05) is 0 Å². The molecule has 12 nitrogen and oxygen atoms in total. The van der Waals surface area contributed by atoms with Gasteiger partial charge in [-0.25, -0.2) is 0 Å². The normalized spacial score (nSPS) is 11.6. The average molecular weight is 620 g/mol. The molecule has 1 rings (SSSR count). The fourth-order valence-corrected chi connectivity index (χ4v) is 3.80. The van der Waals surface area contributed by atoms with Crippen molar-refractivity contribution in [3.05, 3.63) is 24.3 Å². The van der Waals surface area contributed by atoms with Crippen LogP contribution in [-0.2, 0) is 47.1 Å². The minimum absolute atomic E-state index is 0.106. The summed E-state index contributed by atoms with van der Waals surface area (Å²) in [5, 5.41) is 2.71. The van der Waals surface area contributed by atoms with E-state index in [1.807, 2.05) is 0 Å².